The van der Waals surface area contributed by atoms with Crippen molar-refractivity contribution in [2.24, 2.45) is 11.8 Å². The average molecular weight is 287 g/mol. The minimum absolute atomic E-state index is 0.765. The van der Waals surface area contributed by atoms with Gasteiger partial charge in [-0.25, -0.2) is 0 Å². The molecule has 0 amide bonds. The van der Waals surface area contributed by atoms with Crippen molar-refractivity contribution in [3.05, 3.63) is 35.4 Å². The highest BCUT2D eigenvalue weighted by molar-refractivity contribution is 5.30. The van der Waals surface area contributed by atoms with E-state index in [1.165, 1.54) is 50.6 Å². The zero-order valence-electron chi connectivity index (χ0n) is 14.2. The summed E-state index contributed by atoms with van der Waals surface area (Å²) >= 11 is 0. The lowest BCUT2D eigenvalue weighted by Crippen LogP contribution is -2.32. The fourth-order valence-electron chi connectivity index (χ4n) is 4.08. The Labute approximate surface area is 131 Å². The molecule has 1 aliphatic rings. The van der Waals surface area contributed by atoms with E-state index in [1.807, 2.05) is 0 Å². The summed E-state index contributed by atoms with van der Waals surface area (Å²) in [7, 11) is 0. The molecule has 3 atom stereocenters. The van der Waals surface area contributed by atoms with Crippen LogP contribution in [0.4, 0.5) is 0 Å². The molecule has 0 spiro atoms. The molecule has 3 unspecified atom stereocenters. The lowest BCUT2D eigenvalue weighted by molar-refractivity contribution is 0.220. The van der Waals surface area contributed by atoms with Crippen LogP contribution < -0.4 is 5.32 Å². The van der Waals surface area contributed by atoms with Crippen LogP contribution in [0, 0.1) is 18.8 Å². The fourth-order valence-corrected chi connectivity index (χ4v) is 4.08. The molecule has 118 valence electrons. The summed E-state index contributed by atoms with van der Waals surface area (Å²) in [6, 6.07) is 9.06. The van der Waals surface area contributed by atoms with Gasteiger partial charge in [0.25, 0.3) is 0 Å². The van der Waals surface area contributed by atoms with Gasteiger partial charge < -0.3 is 5.32 Å². The summed E-state index contributed by atoms with van der Waals surface area (Å²) in [6.45, 7) is 9.23. The molecule has 0 radical (unpaired) electrons. The van der Waals surface area contributed by atoms with E-state index in [0.29, 0.717) is 0 Å². The maximum atomic E-state index is 3.67. The number of nitrogens with one attached hydrogen (secondary N) is 1. The first kappa shape index (κ1) is 16.5. The Kier molecular flexibility index (Phi) is 6.76. The Morgan fingerprint density at radius 1 is 1.10 bits per heavy atom. The summed E-state index contributed by atoms with van der Waals surface area (Å²) in [5, 5.41) is 3.67. The number of aryl methyl sites for hydroxylation is 1. The van der Waals surface area contributed by atoms with Crippen LogP contribution in [0.5, 0.6) is 0 Å². The van der Waals surface area contributed by atoms with Gasteiger partial charge in [0.1, 0.15) is 0 Å². The number of hydrogen-bond acceptors (Lipinski definition) is 1. The Balaban J connectivity index is 2.10. The van der Waals surface area contributed by atoms with Crippen molar-refractivity contribution in [2.75, 3.05) is 13.1 Å². The van der Waals surface area contributed by atoms with Crippen LogP contribution in [0.3, 0.4) is 0 Å². The van der Waals surface area contributed by atoms with E-state index in [9.17, 15) is 0 Å². The minimum atomic E-state index is 0.765. The van der Waals surface area contributed by atoms with Gasteiger partial charge in [-0.1, -0.05) is 57.4 Å². The average Bonchev–Trinajstić information content (AvgIpc) is 2.50. The molecule has 0 saturated heterocycles. The van der Waals surface area contributed by atoms with Crippen molar-refractivity contribution < 1.29 is 0 Å². The van der Waals surface area contributed by atoms with Crippen LogP contribution in [0.25, 0.3) is 0 Å². The Morgan fingerprint density at radius 2 is 1.90 bits per heavy atom. The standard InChI is InChI=1S/C20H33N/c1-4-8-17-11-12-18(15-21-13-5-2)20(14-17)19-10-7-6-9-16(19)3/h6-7,9-10,17-18,20-21H,4-5,8,11-15H2,1-3H3. The predicted molar refractivity (Wildman–Crippen MR) is 92.8 cm³/mol. The van der Waals surface area contributed by atoms with Crippen molar-refractivity contribution in [3.63, 3.8) is 0 Å². The molecule has 1 aromatic carbocycles. The number of benzene rings is 1. The lowest BCUT2D eigenvalue weighted by Gasteiger charge is -2.37. The van der Waals surface area contributed by atoms with Gasteiger partial charge >= 0.3 is 0 Å². The van der Waals surface area contributed by atoms with Crippen molar-refractivity contribution in [2.45, 2.75) is 65.2 Å². The maximum Gasteiger partial charge on any atom is -0.00147 e. The molecule has 2 rings (SSSR count). The number of rotatable bonds is 7. The van der Waals surface area contributed by atoms with E-state index in [2.05, 4.69) is 50.4 Å². The van der Waals surface area contributed by atoms with Gasteiger partial charge in [-0.05, 0) is 68.2 Å². The molecular formula is C20H33N. The van der Waals surface area contributed by atoms with Gasteiger partial charge in [0.15, 0.2) is 0 Å². The molecule has 1 N–H and O–H groups in total. The van der Waals surface area contributed by atoms with Gasteiger partial charge in [-0.15, -0.1) is 0 Å². The first-order valence-electron chi connectivity index (χ1n) is 9.02. The molecule has 0 heterocycles. The highest BCUT2D eigenvalue weighted by Gasteiger charge is 2.31. The smallest absolute Gasteiger partial charge is 0.00147 e. The molecule has 1 fully saturated rings. The zero-order valence-corrected chi connectivity index (χ0v) is 14.2. The molecule has 1 aromatic rings. The van der Waals surface area contributed by atoms with Crippen LogP contribution >= 0.6 is 0 Å². The second kappa shape index (κ2) is 8.58. The van der Waals surface area contributed by atoms with E-state index >= 15 is 0 Å². The first-order valence-corrected chi connectivity index (χ1v) is 9.02. The summed E-state index contributed by atoms with van der Waals surface area (Å²) in [6.07, 6.45) is 8.23. The quantitative estimate of drug-likeness (QED) is 0.671. The van der Waals surface area contributed by atoms with Crippen molar-refractivity contribution in [1.82, 2.24) is 5.32 Å². The summed E-state index contributed by atoms with van der Waals surface area (Å²) in [5.74, 6) is 2.54. The first-order chi connectivity index (χ1) is 10.3. The molecule has 0 aliphatic heterocycles. The molecule has 0 bridgehead atoms. The summed E-state index contributed by atoms with van der Waals surface area (Å²) < 4.78 is 0. The van der Waals surface area contributed by atoms with Gasteiger partial charge in [-0.3, -0.25) is 0 Å². The van der Waals surface area contributed by atoms with E-state index < -0.39 is 0 Å². The van der Waals surface area contributed by atoms with Crippen LogP contribution in [-0.4, -0.2) is 13.1 Å². The zero-order chi connectivity index (χ0) is 15.1. The maximum absolute atomic E-state index is 3.67. The lowest BCUT2D eigenvalue weighted by atomic mass is 9.69. The normalized spacial score (nSPS) is 26.0. The Bertz CT molecular complexity index is 412. The van der Waals surface area contributed by atoms with Crippen molar-refractivity contribution in [1.29, 1.82) is 0 Å². The molecule has 1 heteroatoms. The molecule has 1 aliphatic carbocycles. The molecule has 0 aromatic heterocycles. The molecule has 1 nitrogen and oxygen atoms in total. The molecule has 21 heavy (non-hydrogen) atoms. The summed E-state index contributed by atoms with van der Waals surface area (Å²) in [5.41, 5.74) is 3.10. The molecular weight excluding hydrogens is 254 g/mol. The third-order valence-corrected chi connectivity index (χ3v) is 5.22. The second-order valence-electron chi connectivity index (χ2n) is 6.90. The second-order valence-corrected chi connectivity index (χ2v) is 6.90. The van der Waals surface area contributed by atoms with E-state index in [4.69, 9.17) is 0 Å². The Hall–Kier alpha value is -0.820. The topological polar surface area (TPSA) is 12.0 Å². The third kappa shape index (κ3) is 4.57. The van der Waals surface area contributed by atoms with Gasteiger partial charge in [0.05, 0.1) is 0 Å². The highest BCUT2D eigenvalue weighted by atomic mass is 14.9. The number of hydrogen-bond donors (Lipinski definition) is 1. The van der Waals surface area contributed by atoms with Gasteiger partial charge in [0.2, 0.25) is 0 Å². The highest BCUT2D eigenvalue weighted by Crippen LogP contribution is 2.42. The largest absolute Gasteiger partial charge is 0.316 e. The Morgan fingerprint density at radius 3 is 2.62 bits per heavy atom. The van der Waals surface area contributed by atoms with Crippen LogP contribution in [-0.2, 0) is 0 Å². The van der Waals surface area contributed by atoms with Gasteiger partial charge in [0, 0.05) is 0 Å². The minimum Gasteiger partial charge on any atom is -0.316 e. The van der Waals surface area contributed by atoms with Crippen molar-refractivity contribution >= 4 is 0 Å². The SMILES string of the molecule is CCCNCC1CCC(CCC)CC1c1ccccc1C. The van der Waals surface area contributed by atoms with Crippen LogP contribution in [0.15, 0.2) is 24.3 Å². The molecule has 1 saturated carbocycles. The fraction of sp³-hybridized carbons (Fsp3) is 0.700. The van der Waals surface area contributed by atoms with Crippen LogP contribution in [0.1, 0.15) is 69.4 Å². The predicted octanol–water partition coefficient (Wildman–Crippen LogP) is 5.29. The van der Waals surface area contributed by atoms with Crippen molar-refractivity contribution in [3.8, 4) is 0 Å². The van der Waals surface area contributed by atoms with E-state index in [-0.39, 0.29) is 0 Å². The van der Waals surface area contributed by atoms with Crippen LogP contribution in [0.2, 0.25) is 0 Å². The summed E-state index contributed by atoms with van der Waals surface area (Å²) in [4.78, 5) is 0. The third-order valence-electron chi connectivity index (χ3n) is 5.22. The monoisotopic (exact) mass is 287 g/mol. The van der Waals surface area contributed by atoms with Gasteiger partial charge in [-0.2, -0.15) is 0 Å². The van der Waals surface area contributed by atoms with E-state index in [1.54, 1.807) is 5.56 Å². The van der Waals surface area contributed by atoms with E-state index in [0.717, 1.165) is 24.3 Å².